The molecule has 3 aromatic rings. The molecule has 0 radical (unpaired) electrons. The molecule has 3 aromatic heterocycles. The van der Waals surface area contributed by atoms with Gasteiger partial charge in [0, 0.05) is 43.2 Å². The summed E-state index contributed by atoms with van der Waals surface area (Å²) in [6, 6.07) is 1.87. The van der Waals surface area contributed by atoms with Crippen molar-refractivity contribution in [1.82, 2.24) is 29.9 Å². The van der Waals surface area contributed by atoms with E-state index in [-0.39, 0.29) is 5.92 Å². The first-order valence-corrected chi connectivity index (χ1v) is 8.10. The molecule has 1 aliphatic rings. The molecule has 1 fully saturated rings. The fraction of sp³-hybridized carbons (Fsp3) is 0.294. The minimum atomic E-state index is -0.561. The van der Waals surface area contributed by atoms with Crippen LogP contribution in [0.25, 0.3) is 11.3 Å². The van der Waals surface area contributed by atoms with E-state index in [2.05, 4.69) is 34.8 Å². The van der Waals surface area contributed by atoms with Gasteiger partial charge in [-0.3, -0.25) is 0 Å². The summed E-state index contributed by atoms with van der Waals surface area (Å²) in [5.74, 6) is 1.27. The summed E-state index contributed by atoms with van der Waals surface area (Å²) in [6.07, 6.45) is 11.2. The van der Waals surface area contributed by atoms with Crippen LogP contribution in [0.3, 0.4) is 0 Å². The van der Waals surface area contributed by atoms with Gasteiger partial charge in [-0.2, -0.15) is 4.39 Å². The minimum Gasteiger partial charge on any atom is -0.355 e. The number of hydrogen-bond acceptors (Lipinski definition) is 7. The molecule has 0 unspecified atom stereocenters. The highest BCUT2D eigenvalue weighted by atomic mass is 19.1. The molecule has 8 heteroatoms. The molecule has 25 heavy (non-hydrogen) atoms. The van der Waals surface area contributed by atoms with E-state index in [1.165, 1.54) is 12.5 Å². The largest absolute Gasteiger partial charge is 0.355 e. The Labute approximate surface area is 144 Å². The van der Waals surface area contributed by atoms with Gasteiger partial charge in [0.2, 0.25) is 5.95 Å². The highest BCUT2D eigenvalue weighted by Gasteiger charge is 2.24. The second-order valence-corrected chi connectivity index (χ2v) is 5.89. The Balaban J connectivity index is 1.47. The second kappa shape index (κ2) is 6.84. The molecule has 4 rings (SSSR count). The molecular formula is C17H16FN7. The quantitative estimate of drug-likeness (QED) is 0.725. The van der Waals surface area contributed by atoms with Crippen LogP contribution in [0, 0.1) is 5.95 Å². The lowest BCUT2D eigenvalue weighted by Crippen LogP contribution is -2.34. The highest BCUT2D eigenvalue weighted by Crippen LogP contribution is 2.28. The van der Waals surface area contributed by atoms with Crippen LogP contribution in [-0.2, 0) is 0 Å². The second-order valence-electron chi connectivity index (χ2n) is 5.89. The van der Waals surface area contributed by atoms with Crippen LogP contribution in [0.2, 0.25) is 0 Å². The lowest BCUT2D eigenvalue weighted by molar-refractivity contribution is 0.482. The van der Waals surface area contributed by atoms with Gasteiger partial charge in [0.15, 0.2) is 0 Å². The van der Waals surface area contributed by atoms with Crippen molar-refractivity contribution in [3.05, 3.63) is 55.2 Å². The Morgan fingerprint density at radius 1 is 0.960 bits per heavy atom. The van der Waals surface area contributed by atoms with Crippen molar-refractivity contribution in [3.8, 4) is 11.3 Å². The Kier molecular flexibility index (Phi) is 4.24. The van der Waals surface area contributed by atoms with Crippen LogP contribution in [0.15, 0.2) is 43.4 Å². The predicted molar refractivity (Wildman–Crippen MR) is 89.2 cm³/mol. The van der Waals surface area contributed by atoms with E-state index < -0.39 is 5.95 Å². The standard InChI is InChI=1S/C17H16FN7/c18-15-9-23-16(10-22-15)25-5-2-12(3-6-25)17-21-4-1-14(24-17)13-7-19-11-20-8-13/h1,4,7-12H,2-3,5-6H2. The lowest BCUT2D eigenvalue weighted by Gasteiger charge is -2.31. The summed E-state index contributed by atoms with van der Waals surface area (Å²) in [5, 5.41) is 0. The lowest BCUT2D eigenvalue weighted by atomic mass is 9.96. The van der Waals surface area contributed by atoms with Crippen LogP contribution < -0.4 is 4.90 Å². The average Bonchev–Trinajstić information content (AvgIpc) is 2.70. The molecule has 1 aliphatic heterocycles. The van der Waals surface area contributed by atoms with Gasteiger partial charge in [-0.05, 0) is 18.9 Å². The first-order chi connectivity index (χ1) is 12.3. The molecule has 0 bridgehead atoms. The summed E-state index contributed by atoms with van der Waals surface area (Å²) in [5.41, 5.74) is 1.71. The number of aromatic nitrogens is 6. The van der Waals surface area contributed by atoms with E-state index in [4.69, 9.17) is 0 Å². The summed E-state index contributed by atoms with van der Waals surface area (Å²) >= 11 is 0. The maximum absolute atomic E-state index is 12.9. The van der Waals surface area contributed by atoms with Gasteiger partial charge >= 0.3 is 0 Å². The summed E-state index contributed by atoms with van der Waals surface area (Å²) in [6.45, 7) is 1.63. The first kappa shape index (κ1) is 15.5. The Bertz CT molecular complexity index is 833. The van der Waals surface area contributed by atoms with Gasteiger partial charge in [0.05, 0.1) is 18.1 Å². The highest BCUT2D eigenvalue weighted by molar-refractivity contribution is 5.55. The fourth-order valence-electron chi connectivity index (χ4n) is 3.00. The van der Waals surface area contributed by atoms with Gasteiger partial charge in [-0.25, -0.2) is 29.9 Å². The zero-order chi connectivity index (χ0) is 17.1. The maximum atomic E-state index is 12.9. The molecule has 0 aromatic carbocycles. The molecule has 0 amide bonds. The predicted octanol–water partition coefficient (Wildman–Crippen LogP) is 2.25. The number of halogens is 1. The van der Waals surface area contributed by atoms with Crippen molar-refractivity contribution in [3.63, 3.8) is 0 Å². The van der Waals surface area contributed by atoms with Gasteiger partial charge in [-0.15, -0.1) is 0 Å². The van der Waals surface area contributed by atoms with Crippen LogP contribution >= 0.6 is 0 Å². The molecule has 0 spiro atoms. The van der Waals surface area contributed by atoms with Crippen molar-refractivity contribution < 1.29 is 4.39 Å². The van der Waals surface area contributed by atoms with Gasteiger partial charge in [0.1, 0.15) is 18.0 Å². The molecule has 0 aliphatic carbocycles. The molecule has 0 saturated carbocycles. The summed E-state index contributed by atoms with van der Waals surface area (Å²) in [4.78, 5) is 27.1. The third-order valence-electron chi connectivity index (χ3n) is 4.32. The van der Waals surface area contributed by atoms with Gasteiger partial charge in [0.25, 0.3) is 0 Å². The van der Waals surface area contributed by atoms with Crippen molar-refractivity contribution in [1.29, 1.82) is 0 Å². The van der Waals surface area contributed by atoms with Gasteiger partial charge < -0.3 is 4.90 Å². The van der Waals surface area contributed by atoms with Crippen molar-refractivity contribution in [2.24, 2.45) is 0 Å². The van der Waals surface area contributed by atoms with E-state index >= 15 is 0 Å². The number of piperidine rings is 1. The third-order valence-corrected chi connectivity index (χ3v) is 4.32. The normalized spacial score (nSPS) is 15.3. The molecule has 7 nitrogen and oxygen atoms in total. The monoisotopic (exact) mass is 337 g/mol. The zero-order valence-electron chi connectivity index (χ0n) is 13.5. The third kappa shape index (κ3) is 3.42. The van der Waals surface area contributed by atoms with E-state index in [1.54, 1.807) is 18.6 Å². The van der Waals surface area contributed by atoms with Gasteiger partial charge in [-0.1, -0.05) is 0 Å². The SMILES string of the molecule is Fc1cnc(N2CCC(c3nccc(-c4cncnc4)n3)CC2)cn1. The smallest absolute Gasteiger partial charge is 0.231 e. The fourth-order valence-corrected chi connectivity index (χ4v) is 3.00. The van der Waals surface area contributed by atoms with E-state index in [0.29, 0.717) is 5.82 Å². The Hall–Kier alpha value is -3.03. The van der Waals surface area contributed by atoms with Crippen LogP contribution in [0.1, 0.15) is 24.6 Å². The minimum absolute atomic E-state index is 0.286. The number of rotatable bonds is 3. The van der Waals surface area contributed by atoms with E-state index in [1.807, 2.05) is 6.07 Å². The summed E-state index contributed by atoms with van der Waals surface area (Å²) in [7, 11) is 0. The van der Waals surface area contributed by atoms with Crippen LogP contribution in [0.4, 0.5) is 10.2 Å². The van der Waals surface area contributed by atoms with Crippen LogP contribution in [0.5, 0.6) is 0 Å². The first-order valence-electron chi connectivity index (χ1n) is 8.10. The zero-order valence-corrected chi connectivity index (χ0v) is 13.5. The molecule has 0 N–H and O–H groups in total. The number of nitrogens with zero attached hydrogens (tertiary/aromatic N) is 7. The number of hydrogen-bond donors (Lipinski definition) is 0. The summed E-state index contributed by atoms with van der Waals surface area (Å²) < 4.78 is 12.9. The topological polar surface area (TPSA) is 80.6 Å². The average molecular weight is 337 g/mol. The van der Waals surface area contributed by atoms with Crippen molar-refractivity contribution in [2.45, 2.75) is 18.8 Å². The maximum Gasteiger partial charge on any atom is 0.231 e. The molecule has 0 atom stereocenters. The van der Waals surface area contributed by atoms with Crippen LogP contribution in [-0.4, -0.2) is 43.0 Å². The molecule has 4 heterocycles. The molecule has 126 valence electrons. The Morgan fingerprint density at radius 2 is 1.76 bits per heavy atom. The van der Waals surface area contributed by atoms with Crippen molar-refractivity contribution in [2.75, 3.05) is 18.0 Å². The van der Waals surface area contributed by atoms with E-state index in [0.717, 1.165) is 49.2 Å². The van der Waals surface area contributed by atoms with Crippen molar-refractivity contribution >= 4 is 5.82 Å². The number of anilines is 1. The Morgan fingerprint density at radius 3 is 2.48 bits per heavy atom. The van der Waals surface area contributed by atoms with E-state index in [9.17, 15) is 4.39 Å². The molecular weight excluding hydrogens is 321 g/mol. The molecule has 1 saturated heterocycles.